The van der Waals surface area contributed by atoms with Crippen molar-refractivity contribution in [1.82, 2.24) is 5.32 Å². The van der Waals surface area contributed by atoms with Gasteiger partial charge in [0.25, 0.3) is 0 Å². The molecule has 0 radical (unpaired) electrons. The van der Waals surface area contributed by atoms with Gasteiger partial charge in [0.15, 0.2) is 0 Å². The fourth-order valence-electron chi connectivity index (χ4n) is 1.12. The quantitative estimate of drug-likeness (QED) is 0.336. The summed E-state index contributed by atoms with van der Waals surface area (Å²) in [6.07, 6.45) is 0. The first kappa shape index (κ1) is 14.8. The zero-order chi connectivity index (χ0) is 11.9. The average molecular weight is 217 g/mol. The largest absolute Gasteiger partial charge is 0.330 e. The van der Waals surface area contributed by atoms with Crippen LogP contribution in [-0.2, 0) is 0 Å². The second-order valence-electron chi connectivity index (χ2n) is 5.04. The monoisotopic (exact) mass is 217 g/mol. The minimum Gasteiger partial charge on any atom is -0.330 e. The summed E-state index contributed by atoms with van der Waals surface area (Å²) in [5, 5.41) is 3.35. The summed E-state index contributed by atoms with van der Waals surface area (Å²) in [7, 11) is 0. The molecule has 0 saturated heterocycles. The Kier molecular flexibility index (Phi) is 6.31. The molecular weight excluding hydrogens is 190 g/mol. The highest BCUT2D eigenvalue weighted by Gasteiger charge is 2.24. The van der Waals surface area contributed by atoms with Crippen LogP contribution in [0, 0.1) is 10.8 Å². The highest BCUT2D eigenvalue weighted by atomic mass is 14.9. The Morgan fingerprint density at radius 2 is 1.00 bits per heavy atom. The van der Waals surface area contributed by atoms with Crippen LogP contribution in [0.25, 0.3) is 0 Å². The molecule has 0 atom stereocenters. The fourth-order valence-corrected chi connectivity index (χ4v) is 1.12. The SMILES string of the molecule is CC(CN)(CN)CNCC(C)(CN)CN. The van der Waals surface area contributed by atoms with Crippen LogP contribution in [0.15, 0.2) is 0 Å². The summed E-state index contributed by atoms with van der Waals surface area (Å²) in [6, 6.07) is 0. The van der Waals surface area contributed by atoms with Crippen LogP contribution in [0.5, 0.6) is 0 Å². The maximum absolute atomic E-state index is 5.66. The summed E-state index contributed by atoms with van der Waals surface area (Å²) in [5.41, 5.74) is 22.6. The summed E-state index contributed by atoms with van der Waals surface area (Å²) in [6.45, 7) is 8.07. The normalized spacial score (nSPS) is 13.2. The van der Waals surface area contributed by atoms with Gasteiger partial charge >= 0.3 is 0 Å². The van der Waals surface area contributed by atoms with Crippen LogP contribution in [0.2, 0.25) is 0 Å². The Morgan fingerprint density at radius 1 is 0.733 bits per heavy atom. The second-order valence-corrected chi connectivity index (χ2v) is 5.04. The van der Waals surface area contributed by atoms with Crippen molar-refractivity contribution in [3.63, 3.8) is 0 Å². The molecule has 0 aromatic heterocycles. The Morgan fingerprint density at radius 3 is 1.20 bits per heavy atom. The highest BCUT2D eigenvalue weighted by molar-refractivity contribution is 4.83. The van der Waals surface area contributed by atoms with E-state index >= 15 is 0 Å². The number of nitrogens with two attached hydrogens (primary N) is 4. The Hall–Kier alpha value is -0.200. The van der Waals surface area contributed by atoms with Crippen molar-refractivity contribution in [2.75, 3.05) is 39.3 Å². The molecule has 0 aliphatic carbocycles. The lowest BCUT2D eigenvalue weighted by atomic mass is 9.88. The van der Waals surface area contributed by atoms with E-state index in [0.29, 0.717) is 26.2 Å². The van der Waals surface area contributed by atoms with Crippen molar-refractivity contribution in [1.29, 1.82) is 0 Å². The molecule has 92 valence electrons. The average Bonchev–Trinajstić information content (AvgIpc) is 2.28. The number of hydrogen-bond donors (Lipinski definition) is 5. The topological polar surface area (TPSA) is 116 Å². The van der Waals surface area contributed by atoms with Gasteiger partial charge in [-0.2, -0.15) is 0 Å². The van der Waals surface area contributed by atoms with E-state index in [-0.39, 0.29) is 10.8 Å². The van der Waals surface area contributed by atoms with E-state index in [9.17, 15) is 0 Å². The number of hydrogen-bond acceptors (Lipinski definition) is 5. The fraction of sp³-hybridized carbons (Fsp3) is 1.00. The van der Waals surface area contributed by atoms with Crippen molar-refractivity contribution < 1.29 is 0 Å². The first-order valence-corrected chi connectivity index (χ1v) is 5.46. The van der Waals surface area contributed by atoms with Crippen LogP contribution in [-0.4, -0.2) is 39.3 Å². The van der Waals surface area contributed by atoms with E-state index in [1.807, 2.05) is 0 Å². The third-order valence-corrected chi connectivity index (χ3v) is 3.07. The maximum Gasteiger partial charge on any atom is 0.00445 e. The summed E-state index contributed by atoms with van der Waals surface area (Å²) >= 11 is 0. The van der Waals surface area contributed by atoms with Crippen LogP contribution in [0.4, 0.5) is 0 Å². The van der Waals surface area contributed by atoms with E-state index in [4.69, 9.17) is 22.9 Å². The lowest BCUT2D eigenvalue weighted by Gasteiger charge is -2.31. The molecule has 0 spiro atoms. The molecule has 5 heteroatoms. The van der Waals surface area contributed by atoms with E-state index in [1.54, 1.807) is 0 Å². The first-order chi connectivity index (χ1) is 6.95. The summed E-state index contributed by atoms with van der Waals surface area (Å²) in [5.74, 6) is 0. The molecule has 0 fully saturated rings. The van der Waals surface area contributed by atoms with Crippen molar-refractivity contribution in [2.45, 2.75) is 13.8 Å². The lowest BCUT2D eigenvalue weighted by Crippen LogP contribution is -2.49. The Labute approximate surface area is 92.9 Å². The standard InChI is InChI=1S/C10H27N5/c1-9(3-11,4-12)7-15-8-10(2,5-13)6-14/h15H,3-8,11-14H2,1-2H3. The van der Waals surface area contributed by atoms with E-state index < -0.39 is 0 Å². The zero-order valence-electron chi connectivity index (χ0n) is 10.1. The third-order valence-electron chi connectivity index (χ3n) is 3.07. The van der Waals surface area contributed by atoms with Gasteiger partial charge in [0.1, 0.15) is 0 Å². The molecule has 0 unspecified atom stereocenters. The Bertz CT molecular complexity index is 145. The third kappa shape index (κ3) is 4.90. The van der Waals surface area contributed by atoms with Crippen LogP contribution < -0.4 is 28.3 Å². The van der Waals surface area contributed by atoms with Gasteiger partial charge in [0, 0.05) is 50.1 Å². The summed E-state index contributed by atoms with van der Waals surface area (Å²) in [4.78, 5) is 0. The molecule has 9 N–H and O–H groups in total. The molecular formula is C10H27N5. The minimum atomic E-state index is -0.0376. The van der Waals surface area contributed by atoms with Gasteiger partial charge in [0.2, 0.25) is 0 Å². The van der Waals surface area contributed by atoms with Crippen molar-refractivity contribution in [2.24, 2.45) is 33.8 Å². The molecule has 5 nitrogen and oxygen atoms in total. The molecule has 0 aliphatic heterocycles. The highest BCUT2D eigenvalue weighted by Crippen LogP contribution is 2.13. The smallest absolute Gasteiger partial charge is 0.00445 e. The van der Waals surface area contributed by atoms with Crippen LogP contribution in [0.1, 0.15) is 13.8 Å². The van der Waals surface area contributed by atoms with Gasteiger partial charge < -0.3 is 28.3 Å². The van der Waals surface area contributed by atoms with Gasteiger partial charge in [-0.3, -0.25) is 0 Å². The van der Waals surface area contributed by atoms with Crippen molar-refractivity contribution in [3.05, 3.63) is 0 Å². The number of rotatable bonds is 8. The molecule has 0 bridgehead atoms. The zero-order valence-corrected chi connectivity index (χ0v) is 10.1. The van der Waals surface area contributed by atoms with Crippen LogP contribution >= 0.6 is 0 Å². The van der Waals surface area contributed by atoms with Crippen molar-refractivity contribution >= 4 is 0 Å². The molecule has 0 rings (SSSR count). The predicted octanol–water partition coefficient (Wildman–Crippen LogP) is -1.58. The van der Waals surface area contributed by atoms with E-state index in [2.05, 4.69) is 19.2 Å². The second kappa shape index (κ2) is 6.40. The molecule has 0 aromatic carbocycles. The van der Waals surface area contributed by atoms with Crippen molar-refractivity contribution in [3.8, 4) is 0 Å². The maximum atomic E-state index is 5.66. The Balaban J connectivity index is 3.96. The van der Waals surface area contributed by atoms with E-state index in [0.717, 1.165) is 13.1 Å². The molecule has 0 aliphatic rings. The van der Waals surface area contributed by atoms with Gasteiger partial charge in [0.05, 0.1) is 0 Å². The first-order valence-electron chi connectivity index (χ1n) is 5.46. The van der Waals surface area contributed by atoms with Gasteiger partial charge in [-0.05, 0) is 0 Å². The molecule has 0 amide bonds. The van der Waals surface area contributed by atoms with Gasteiger partial charge in [-0.25, -0.2) is 0 Å². The molecule has 0 aromatic rings. The number of nitrogens with one attached hydrogen (secondary N) is 1. The van der Waals surface area contributed by atoms with Gasteiger partial charge in [-0.15, -0.1) is 0 Å². The molecule has 0 saturated carbocycles. The van der Waals surface area contributed by atoms with Gasteiger partial charge in [-0.1, -0.05) is 13.8 Å². The predicted molar refractivity (Wildman–Crippen MR) is 65.3 cm³/mol. The molecule has 15 heavy (non-hydrogen) atoms. The van der Waals surface area contributed by atoms with E-state index in [1.165, 1.54) is 0 Å². The van der Waals surface area contributed by atoms with Crippen LogP contribution in [0.3, 0.4) is 0 Å². The molecule has 0 heterocycles. The minimum absolute atomic E-state index is 0.0376. The lowest BCUT2D eigenvalue weighted by molar-refractivity contribution is 0.274. The summed E-state index contributed by atoms with van der Waals surface area (Å²) < 4.78 is 0.